The summed E-state index contributed by atoms with van der Waals surface area (Å²) in [6.45, 7) is 17.3. The molecule has 0 aromatic heterocycles. The summed E-state index contributed by atoms with van der Waals surface area (Å²) in [7, 11) is 0. The lowest BCUT2D eigenvalue weighted by molar-refractivity contribution is -0.149. The quantitative estimate of drug-likeness (QED) is 0.215. The summed E-state index contributed by atoms with van der Waals surface area (Å²) < 4.78 is 0. The molecule has 2 heterocycles. The summed E-state index contributed by atoms with van der Waals surface area (Å²) in [5.41, 5.74) is -4.03. The van der Waals surface area contributed by atoms with E-state index >= 15 is 0 Å². The van der Waals surface area contributed by atoms with E-state index in [0.29, 0.717) is 51.5 Å². The molecule has 0 bridgehead atoms. The Labute approximate surface area is 286 Å². The lowest BCUT2D eigenvalue weighted by atomic mass is 9.74. The second kappa shape index (κ2) is 20.8. The van der Waals surface area contributed by atoms with Crippen LogP contribution in [0, 0.1) is 23.7 Å². The third-order valence-corrected chi connectivity index (χ3v) is 9.36. The summed E-state index contributed by atoms with van der Waals surface area (Å²) in [5.74, 6) is -0.196. The fourth-order valence-corrected chi connectivity index (χ4v) is 6.27. The number of rotatable bonds is 8. The smallest absolute Gasteiger partial charge is 0.168 e. The van der Waals surface area contributed by atoms with Crippen molar-refractivity contribution in [2.75, 3.05) is 26.2 Å². The minimum absolute atomic E-state index is 0. The van der Waals surface area contributed by atoms with Gasteiger partial charge in [0.25, 0.3) is 0 Å². The van der Waals surface area contributed by atoms with Crippen LogP contribution < -0.4 is 10.6 Å². The molecular weight excluding hydrogens is 600 g/mol. The van der Waals surface area contributed by atoms with Crippen molar-refractivity contribution in [1.82, 2.24) is 10.6 Å². The van der Waals surface area contributed by atoms with Crippen LogP contribution in [0.2, 0.25) is 0 Å². The Bertz CT molecular complexity index is 913. The summed E-state index contributed by atoms with van der Waals surface area (Å²) in [6.07, 6.45) is 8.51. The van der Waals surface area contributed by atoms with Crippen LogP contribution in [-0.4, -0.2) is 92.1 Å². The van der Waals surface area contributed by atoms with Gasteiger partial charge in [0, 0.05) is 30.2 Å². The van der Waals surface area contributed by atoms with Crippen LogP contribution in [0.25, 0.3) is 0 Å². The number of nitrogens with one attached hydrogen (secondary N) is 2. The van der Waals surface area contributed by atoms with Crippen molar-refractivity contribution in [2.45, 2.75) is 163 Å². The molecule has 2 saturated carbocycles. The first-order valence-electron chi connectivity index (χ1n) is 17.2. The SMILES string of the molecule is C.C.CC(C)C(=O)C1(O)CCC1.CC(C)C(=O)C1(O)CCCCC1.CC(C)C(=O)C1(O)CCNC1.CC(C)C(=O)C1(O)CCNCC1. The minimum atomic E-state index is -1.08. The molecule has 0 amide bonds. The second-order valence-corrected chi connectivity index (χ2v) is 14.8. The van der Waals surface area contributed by atoms with Gasteiger partial charge in [-0.1, -0.05) is 89.5 Å². The maximum Gasteiger partial charge on any atom is 0.168 e. The maximum atomic E-state index is 11.6. The number of carbonyl (C=O) groups is 4. The fraction of sp³-hybridized carbons (Fsp3) is 0.892. The lowest BCUT2D eigenvalue weighted by Gasteiger charge is -2.36. The highest BCUT2D eigenvalue weighted by atomic mass is 16.3. The average Bonchev–Trinajstić information content (AvgIpc) is 3.43. The van der Waals surface area contributed by atoms with Gasteiger partial charge in [-0.25, -0.2) is 0 Å². The number of piperidine rings is 1. The van der Waals surface area contributed by atoms with Gasteiger partial charge < -0.3 is 31.1 Å². The van der Waals surface area contributed by atoms with Crippen LogP contribution in [0.1, 0.15) is 141 Å². The number of carbonyl (C=O) groups excluding carboxylic acids is 4. The highest BCUT2D eigenvalue weighted by Gasteiger charge is 2.43. The Morgan fingerprint density at radius 1 is 0.426 bits per heavy atom. The summed E-state index contributed by atoms with van der Waals surface area (Å²) >= 11 is 0. The molecule has 0 radical (unpaired) electrons. The third kappa shape index (κ3) is 14.1. The molecule has 10 heteroatoms. The van der Waals surface area contributed by atoms with Gasteiger partial charge in [-0.2, -0.15) is 0 Å². The van der Waals surface area contributed by atoms with Crippen LogP contribution >= 0.6 is 0 Å². The first-order chi connectivity index (χ1) is 20.7. The average molecular weight is 673 g/mol. The van der Waals surface area contributed by atoms with Crippen molar-refractivity contribution in [2.24, 2.45) is 23.7 Å². The molecule has 1 atom stereocenters. The van der Waals surface area contributed by atoms with Crippen molar-refractivity contribution in [3.63, 3.8) is 0 Å². The maximum absolute atomic E-state index is 11.6. The van der Waals surface area contributed by atoms with Crippen molar-refractivity contribution in [3.05, 3.63) is 0 Å². The van der Waals surface area contributed by atoms with E-state index in [1.165, 1.54) is 0 Å². The van der Waals surface area contributed by atoms with E-state index in [4.69, 9.17) is 0 Å². The monoisotopic (exact) mass is 673 g/mol. The number of aliphatic hydroxyl groups is 4. The third-order valence-electron chi connectivity index (χ3n) is 9.36. The predicted molar refractivity (Wildman–Crippen MR) is 189 cm³/mol. The molecule has 4 aliphatic rings. The van der Waals surface area contributed by atoms with Crippen molar-refractivity contribution >= 4 is 23.1 Å². The number of hydrogen-bond donors (Lipinski definition) is 6. The Morgan fingerprint density at radius 2 is 0.702 bits per heavy atom. The van der Waals surface area contributed by atoms with Crippen LogP contribution in [0.5, 0.6) is 0 Å². The molecule has 47 heavy (non-hydrogen) atoms. The zero-order valence-electron chi connectivity index (χ0n) is 29.3. The zero-order valence-corrected chi connectivity index (χ0v) is 29.3. The van der Waals surface area contributed by atoms with E-state index in [0.717, 1.165) is 45.3 Å². The van der Waals surface area contributed by atoms with E-state index in [1.54, 1.807) is 0 Å². The zero-order chi connectivity index (χ0) is 34.6. The van der Waals surface area contributed by atoms with Gasteiger partial charge in [0.2, 0.25) is 0 Å². The van der Waals surface area contributed by atoms with Gasteiger partial charge in [0.1, 0.15) is 22.4 Å². The Hall–Kier alpha value is -1.56. The van der Waals surface area contributed by atoms with Gasteiger partial charge in [0.15, 0.2) is 23.1 Å². The Morgan fingerprint density at radius 3 is 0.979 bits per heavy atom. The highest BCUT2D eigenvalue weighted by Crippen LogP contribution is 2.34. The van der Waals surface area contributed by atoms with Crippen LogP contribution in [0.4, 0.5) is 0 Å². The lowest BCUT2D eigenvalue weighted by Crippen LogP contribution is -2.49. The van der Waals surface area contributed by atoms with Gasteiger partial charge >= 0.3 is 0 Å². The number of β-amino-alcohol motifs (C(OH)–C–C–N with tert-alkyl or cyclic N) is 1. The molecule has 4 rings (SSSR count). The number of Topliss-reactive ketones (excluding diaryl/α,β-unsaturated/α-hetero) is 4. The molecule has 2 aliphatic carbocycles. The fourth-order valence-electron chi connectivity index (χ4n) is 6.27. The van der Waals surface area contributed by atoms with Crippen molar-refractivity contribution in [3.8, 4) is 0 Å². The summed E-state index contributed by atoms with van der Waals surface area (Å²) in [4.78, 5) is 45.7. The first kappa shape index (κ1) is 47.6. The highest BCUT2D eigenvalue weighted by molar-refractivity contribution is 5.90. The van der Waals surface area contributed by atoms with E-state index in [9.17, 15) is 39.6 Å². The Kier molecular flexibility index (Phi) is 21.1. The molecule has 4 fully saturated rings. The van der Waals surface area contributed by atoms with E-state index in [2.05, 4.69) is 10.6 Å². The van der Waals surface area contributed by atoms with Crippen LogP contribution in [0.3, 0.4) is 0 Å². The largest absolute Gasteiger partial charge is 0.382 e. The second-order valence-electron chi connectivity index (χ2n) is 14.8. The molecule has 0 aromatic carbocycles. The predicted octanol–water partition coefficient (Wildman–Crippen LogP) is 4.57. The topological polar surface area (TPSA) is 173 Å². The first-order valence-corrected chi connectivity index (χ1v) is 17.2. The number of ketones is 4. The van der Waals surface area contributed by atoms with Gasteiger partial charge in [-0.05, 0) is 71.0 Å². The van der Waals surface area contributed by atoms with Crippen molar-refractivity contribution in [1.29, 1.82) is 0 Å². The molecule has 6 N–H and O–H groups in total. The minimum Gasteiger partial charge on any atom is -0.382 e. The van der Waals surface area contributed by atoms with E-state index in [1.807, 2.05) is 55.4 Å². The Balaban J connectivity index is 0. The molecule has 10 nitrogen and oxygen atoms in total. The van der Waals surface area contributed by atoms with Gasteiger partial charge in [0.05, 0.1) is 0 Å². The van der Waals surface area contributed by atoms with Gasteiger partial charge in [-0.15, -0.1) is 0 Å². The summed E-state index contributed by atoms with van der Waals surface area (Å²) in [5, 5.41) is 45.2. The molecule has 0 spiro atoms. The normalized spacial score (nSPS) is 23.7. The van der Waals surface area contributed by atoms with Crippen LogP contribution in [0.15, 0.2) is 0 Å². The van der Waals surface area contributed by atoms with E-state index in [-0.39, 0.29) is 61.7 Å². The molecule has 278 valence electrons. The number of hydrogen-bond acceptors (Lipinski definition) is 10. The standard InChI is InChI=1S/C10H18O2.C9H17NO2.C8H15NO2.C8H14O2.2CH4/c1-8(2)9(11)10(12)6-4-3-5-7-10;1-7(2)8(11)9(12)3-5-10-6-4-9;1-6(2)7(10)8(11)3-4-9-5-8;1-6(2)7(9)8(10)4-3-5-8;;/h8,12H,3-7H2,1-2H3;7,10,12H,3-6H2,1-2H3;6,9,11H,3-5H2,1-2H3;6,10H,3-5H2,1-2H3;2*1H4. The molecule has 2 aliphatic heterocycles. The molecule has 2 saturated heterocycles. The van der Waals surface area contributed by atoms with Crippen LogP contribution in [-0.2, 0) is 19.2 Å². The van der Waals surface area contributed by atoms with Gasteiger partial charge in [-0.3, -0.25) is 19.2 Å². The van der Waals surface area contributed by atoms with Crippen molar-refractivity contribution < 1.29 is 39.6 Å². The molecular formula is C37H72N2O8. The van der Waals surface area contributed by atoms with E-state index < -0.39 is 22.4 Å². The summed E-state index contributed by atoms with van der Waals surface area (Å²) in [6, 6.07) is 0. The molecule has 1 unspecified atom stereocenters. The molecule has 0 aromatic rings.